The van der Waals surface area contributed by atoms with Crippen LogP contribution in [0, 0.1) is 0 Å². The number of rotatable bonds is 9. The molecule has 0 aromatic heterocycles. The van der Waals surface area contributed by atoms with Crippen LogP contribution >= 0.6 is 0 Å². The van der Waals surface area contributed by atoms with Crippen molar-refractivity contribution >= 4 is 10.1 Å². The predicted octanol–water partition coefficient (Wildman–Crippen LogP) is 3.10. The molecule has 92 valence electrons. The molecule has 0 aromatic carbocycles. The minimum absolute atomic E-state index is 0.164. The smallest absolute Gasteiger partial charge is 0.267 e. The quantitative estimate of drug-likeness (QED) is 0.456. The molecule has 0 spiro atoms. The Morgan fingerprint density at radius 3 is 2.07 bits per heavy atom. The van der Waals surface area contributed by atoms with Gasteiger partial charge in [0.25, 0.3) is 10.1 Å². The maximum atomic E-state index is 11.3. The molecular formula is C11H24O3S. The first kappa shape index (κ1) is 14.9. The van der Waals surface area contributed by atoms with E-state index in [0.717, 1.165) is 19.3 Å². The predicted molar refractivity (Wildman–Crippen MR) is 63.4 cm³/mol. The molecule has 0 saturated heterocycles. The molecule has 3 nitrogen and oxygen atoms in total. The number of unbranched alkanes of at least 4 members (excludes halogenated alkanes) is 5. The summed E-state index contributed by atoms with van der Waals surface area (Å²) in [4.78, 5) is 0. The fourth-order valence-electron chi connectivity index (χ4n) is 1.40. The van der Waals surface area contributed by atoms with Crippen molar-refractivity contribution in [1.82, 2.24) is 0 Å². The largest absolute Gasteiger partial charge is 0.267 e. The first-order chi connectivity index (χ1) is 6.98. The average Bonchev–Trinajstić information content (AvgIpc) is 2.08. The molecule has 0 aliphatic heterocycles. The van der Waals surface area contributed by atoms with E-state index in [9.17, 15) is 8.42 Å². The van der Waals surface area contributed by atoms with Crippen LogP contribution in [0.3, 0.4) is 0 Å². The van der Waals surface area contributed by atoms with E-state index in [4.69, 9.17) is 4.18 Å². The van der Waals surface area contributed by atoms with Crippen LogP contribution in [-0.2, 0) is 14.3 Å². The summed E-state index contributed by atoms with van der Waals surface area (Å²) < 4.78 is 27.5. The summed E-state index contributed by atoms with van der Waals surface area (Å²) in [6.07, 6.45) is 6.27. The van der Waals surface area contributed by atoms with Crippen LogP contribution < -0.4 is 0 Å². The van der Waals surface area contributed by atoms with E-state index in [-0.39, 0.29) is 11.9 Å². The van der Waals surface area contributed by atoms with Gasteiger partial charge < -0.3 is 0 Å². The highest BCUT2D eigenvalue weighted by molar-refractivity contribution is 7.86. The molecule has 0 saturated carbocycles. The molecule has 0 radical (unpaired) electrons. The molecule has 0 N–H and O–H groups in total. The minimum atomic E-state index is -3.27. The fourth-order valence-corrected chi connectivity index (χ4v) is 2.64. The van der Waals surface area contributed by atoms with Crippen LogP contribution in [0.2, 0.25) is 0 Å². The highest BCUT2D eigenvalue weighted by Crippen LogP contribution is 2.08. The van der Waals surface area contributed by atoms with Gasteiger partial charge in [0.2, 0.25) is 0 Å². The Morgan fingerprint density at radius 2 is 1.53 bits per heavy atom. The minimum Gasteiger partial charge on any atom is -0.267 e. The van der Waals surface area contributed by atoms with Gasteiger partial charge in [0.05, 0.1) is 11.9 Å². The molecule has 0 heterocycles. The molecule has 0 unspecified atom stereocenters. The first-order valence-electron chi connectivity index (χ1n) is 5.89. The molecule has 4 heteroatoms. The van der Waals surface area contributed by atoms with Gasteiger partial charge in [-0.2, -0.15) is 8.42 Å². The topological polar surface area (TPSA) is 43.4 Å². The Hall–Kier alpha value is -0.0900. The molecular weight excluding hydrogens is 212 g/mol. The van der Waals surface area contributed by atoms with Crippen molar-refractivity contribution in [3.05, 3.63) is 0 Å². The van der Waals surface area contributed by atoms with Gasteiger partial charge in [-0.3, -0.25) is 4.18 Å². The van der Waals surface area contributed by atoms with Gasteiger partial charge in [-0.15, -0.1) is 0 Å². The van der Waals surface area contributed by atoms with Crippen LogP contribution in [0.15, 0.2) is 0 Å². The van der Waals surface area contributed by atoms with Crippen LogP contribution in [0.1, 0.15) is 59.3 Å². The summed E-state index contributed by atoms with van der Waals surface area (Å²) in [5.41, 5.74) is 0. The lowest BCUT2D eigenvalue weighted by atomic mass is 10.1. The third-order valence-corrected chi connectivity index (χ3v) is 3.55. The molecule has 0 amide bonds. The summed E-state index contributed by atoms with van der Waals surface area (Å²) >= 11 is 0. The third-order valence-electron chi connectivity index (χ3n) is 2.09. The molecule has 0 rings (SSSR count). The van der Waals surface area contributed by atoms with Crippen molar-refractivity contribution in [1.29, 1.82) is 0 Å². The van der Waals surface area contributed by atoms with Crippen molar-refractivity contribution in [2.45, 2.75) is 65.4 Å². The Morgan fingerprint density at radius 1 is 1.00 bits per heavy atom. The van der Waals surface area contributed by atoms with Gasteiger partial charge >= 0.3 is 0 Å². The summed E-state index contributed by atoms with van der Waals surface area (Å²) in [5, 5.41) is 0. The van der Waals surface area contributed by atoms with Crippen LogP contribution in [0.25, 0.3) is 0 Å². The standard InChI is InChI=1S/C11H24O3S/c1-4-5-6-7-8-9-10-15(12,13)14-11(2)3/h11H,4-10H2,1-3H3. The molecule has 0 bridgehead atoms. The lowest BCUT2D eigenvalue weighted by molar-refractivity contribution is 0.248. The summed E-state index contributed by atoms with van der Waals surface area (Å²) in [7, 11) is -3.27. The van der Waals surface area contributed by atoms with Crippen LogP contribution in [-0.4, -0.2) is 20.3 Å². The lowest BCUT2D eigenvalue weighted by Gasteiger charge is -2.07. The van der Waals surface area contributed by atoms with E-state index in [2.05, 4.69) is 6.92 Å². The highest BCUT2D eigenvalue weighted by atomic mass is 32.2. The van der Waals surface area contributed by atoms with Gasteiger partial charge in [0, 0.05) is 0 Å². The van der Waals surface area contributed by atoms with Crippen molar-refractivity contribution in [3.8, 4) is 0 Å². The lowest BCUT2D eigenvalue weighted by Crippen LogP contribution is -2.15. The molecule has 0 aliphatic carbocycles. The Kier molecular flexibility index (Phi) is 8.06. The van der Waals surface area contributed by atoms with E-state index in [1.165, 1.54) is 19.3 Å². The Balaban J connectivity index is 3.50. The number of hydrogen-bond acceptors (Lipinski definition) is 3. The average molecular weight is 236 g/mol. The maximum absolute atomic E-state index is 11.3. The van der Waals surface area contributed by atoms with Gasteiger partial charge in [-0.25, -0.2) is 0 Å². The fraction of sp³-hybridized carbons (Fsp3) is 1.00. The van der Waals surface area contributed by atoms with Gasteiger partial charge in [-0.1, -0.05) is 39.0 Å². The van der Waals surface area contributed by atoms with E-state index >= 15 is 0 Å². The van der Waals surface area contributed by atoms with Gasteiger partial charge in [0.15, 0.2) is 0 Å². The van der Waals surface area contributed by atoms with E-state index < -0.39 is 10.1 Å². The molecule has 0 aromatic rings. The highest BCUT2D eigenvalue weighted by Gasteiger charge is 2.12. The molecule has 0 fully saturated rings. The maximum Gasteiger partial charge on any atom is 0.267 e. The Labute approximate surface area is 94.3 Å². The Bertz CT molecular complexity index is 232. The molecule has 15 heavy (non-hydrogen) atoms. The monoisotopic (exact) mass is 236 g/mol. The third kappa shape index (κ3) is 10.2. The van der Waals surface area contributed by atoms with Crippen LogP contribution in [0.5, 0.6) is 0 Å². The van der Waals surface area contributed by atoms with Crippen molar-refractivity contribution in [2.24, 2.45) is 0 Å². The summed E-state index contributed by atoms with van der Waals surface area (Å²) in [5.74, 6) is 0.164. The van der Waals surface area contributed by atoms with Gasteiger partial charge in [-0.05, 0) is 20.3 Å². The summed E-state index contributed by atoms with van der Waals surface area (Å²) in [6.45, 7) is 5.64. The molecule has 0 atom stereocenters. The summed E-state index contributed by atoms with van der Waals surface area (Å²) in [6, 6.07) is 0. The zero-order chi connectivity index (χ0) is 11.7. The van der Waals surface area contributed by atoms with E-state index in [0.29, 0.717) is 0 Å². The first-order valence-corrected chi connectivity index (χ1v) is 7.46. The second-order valence-corrected chi connectivity index (χ2v) is 5.89. The number of hydrogen-bond donors (Lipinski definition) is 0. The zero-order valence-corrected chi connectivity index (χ0v) is 11.0. The van der Waals surface area contributed by atoms with Gasteiger partial charge in [0.1, 0.15) is 0 Å². The van der Waals surface area contributed by atoms with Crippen molar-refractivity contribution < 1.29 is 12.6 Å². The SMILES string of the molecule is CCCCCCCCS(=O)(=O)OC(C)C. The van der Waals surface area contributed by atoms with Crippen molar-refractivity contribution in [2.75, 3.05) is 5.75 Å². The van der Waals surface area contributed by atoms with E-state index in [1.54, 1.807) is 13.8 Å². The van der Waals surface area contributed by atoms with Crippen molar-refractivity contribution in [3.63, 3.8) is 0 Å². The van der Waals surface area contributed by atoms with E-state index in [1.807, 2.05) is 0 Å². The second-order valence-electron chi connectivity index (χ2n) is 4.17. The molecule has 0 aliphatic rings. The second kappa shape index (κ2) is 8.11. The normalized spacial score (nSPS) is 12.3. The zero-order valence-electron chi connectivity index (χ0n) is 10.2. The van der Waals surface area contributed by atoms with Crippen LogP contribution in [0.4, 0.5) is 0 Å².